The molecule has 3 rings (SSSR count). The van der Waals surface area contributed by atoms with Gasteiger partial charge in [-0.15, -0.1) is 11.3 Å². The van der Waals surface area contributed by atoms with Crippen LogP contribution in [0.4, 0.5) is 10.5 Å². The summed E-state index contributed by atoms with van der Waals surface area (Å²) in [6, 6.07) is 10.9. The van der Waals surface area contributed by atoms with Crippen molar-refractivity contribution in [2.24, 2.45) is 0 Å². The lowest BCUT2D eigenvalue weighted by Crippen LogP contribution is -2.28. The van der Waals surface area contributed by atoms with E-state index >= 15 is 0 Å². The minimum Gasteiger partial charge on any atom is -0.333 e. The quantitative estimate of drug-likeness (QED) is 0.568. The molecular weight excluding hydrogens is 392 g/mol. The molecular formula is C21H23ClN4OS. The predicted molar refractivity (Wildman–Crippen MR) is 116 cm³/mol. The lowest BCUT2D eigenvalue weighted by molar-refractivity contribution is 0.252. The van der Waals surface area contributed by atoms with E-state index in [0.717, 1.165) is 26.8 Å². The molecule has 0 spiro atoms. The van der Waals surface area contributed by atoms with E-state index in [-0.39, 0.29) is 11.4 Å². The third-order valence-electron chi connectivity index (χ3n) is 4.00. The van der Waals surface area contributed by atoms with Crippen LogP contribution in [0.2, 0.25) is 5.02 Å². The van der Waals surface area contributed by atoms with Gasteiger partial charge >= 0.3 is 6.03 Å². The lowest BCUT2D eigenvalue weighted by atomic mass is 9.98. The fourth-order valence-electron chi connectivity index (χ4n) is 2.61. The first-order valence-electron chi connectivity index (χ1n) is 8.96. The second-order valence-electron chi connectivity index (χ2n) is 7.54. The zero-order valence-corrected chi connectivity index (χ0v) is 17.9. The molecule has 28 heavy (non-hydrogen) atoms. The van der Waals surface area contributed by atoms with Crippen LogP contribution >= 0.6 is 22.9 Å². The van der Waals surface area contributed by atoms with Crippen molar-refractivity contribution in [1.29, 1.82) is 0 Å². The Bertz CT molecular complexity index is 994. The number of carbonyl (C=O) groups excluding carboxylic acids is 1. The first-order valence-corrected chi connectivity index (χ1v) is 10.2. The van der Waals surface area contributed by atoms with Gasteiger partial charge in [-0.25, -0.2) is 9.78 Å². The molecule has 0 saturated heterocycles. The summed E-state index contributed by atoms with van der Waals surface area (Å²) < 4.78 is 0. The number of rotatable bonds is 4. The van der Waals surface area contributed by atoms with Gasteiger partial charge in [0, 0.05) is 33.6 Å². The molecule has 5 nitrogen and oxygen atoms in total. The van der Waals surface area contributed by atoms with Crippen LogP contribution in [0.1, 0.15) is 36.3 Å². The fourth-order valence-corrected chi connectivity index (χ4v) is 3.88. The van der Waals surface area contributed by atoms with Crippen molar-refractivity contribution in [3.63, 3.8) is 0 Å². The number of aromatic nitrogens is 2. The van der Waals surface area contributed by atoms with Crippen molar-refractivity contribution in [2.75, 3.05) is 5.32 Å². The molecule has 3 aromatic rings. The van der Waals surface area contributed by atoms with E-state index in [0.29, 0.717) is 17.3 Å². The molecule has 0 unspecified atom stereocenters. The highest BCUT2D eigenvalue weighted by Gasteiger charge is 2.22. The molecule has 7 heteroatoms. The summed E-state index contributed by atoms with van der Waals surface area (Å²) in [4.78, 5) is 22.3. The van der Waals surface area contributed by atoms with Crippen LogP contribution in [0, 0.1) is 6.92 Å². The molecule has 146 valence electrons. The van der Waals surface area contributed by atoms with Crippen LogP contribution < -0.4 is 10.6 Å². The maximum absolute atomic E-state index is 12.3. The molecule has 0 atom stereocenters. The number of urea groups is 1. The number of carbonyl (C=O) groups is 1. The minimum absolute atomic E-state index is 0.0763. The molecule has 2 heterocycles. The Kier molecular flexibility index (Phi) is 6.01. The molecule has 2 amide bonds. The van der Waals surface area contributed by atoms with Gasteiger partial charge in [0.15, 0.2) is 0 Å². The maximum Gasteiger partial charge on any atom is 0.319 e. The summed E-state index contributed by atoms with van der Waals surface area (Å²) in [7, 11) is 0. The number of amides is 2. The number of thiazole rings is 1. The SMILES string of the molecule is Cc1cc(NC(=O)NCc2sc(C(C)(C)C)nc2-c2cccc(Cl)c2)ccn1. The summed E-state index contributed by atoms with van der Waals surface area (Å²) in [6.07, 6.45) is 1.67. The van der Waals surface area contributed by atoms with Crippen LogP contribution in [-0.2, 0) is 12.0 Å². The number of nitrogens with one attached hydrogen (secondary N) is 2. The van der Waals surface area contributed by atoms with Crippen LogP contribution in [0.5, 0.6) is 0 Å². The predicted octanol–water partition coefficient (Wildman–Crippen LogP) is 5.79. The molecule has 0 aliphatic rings. The molecule has 0 saturated carbocycles. The van der Waals surface area contributed by atoms with Crippen molar-refractivity contribution in [1.82, 2.24) is 15.3 Å². The molecule has 0 fully saturated rings. The maximum atomic E-state index is 12.3. The smallest absolute Gasteiger partial charge is 0.319 e. The Balaban J connectivity index is 1.80. The first kappa shape index (κ1) is 20.3. The van der Waals surface area contributed by atoms with Crippen LogP contribution in [0.15, 0.2) is 42.6 Å². The fraction of sp³-hybridized carbons (Fsp3) is 0.286. The molecule has 2 N–H and O–H groups in total. The van der Waals surface area contributed by atoms with E-state index in [2.05, 4.69) is 36.4 Å². The number of nitrogens with zero attached hydrogens (tertiary/aromatic N) is 2. The lowest BCUT2D eigenvalue weighted by Gasteiger charge is -2.13. The average molecular weight is 415 g/mol. The van der Waals surface area contributed by atoms with E-state index < -0.39 is 0 Å². The average Bonchev–Trinajstić information content (AvgIpc) is 3.05. The highest BCUT2D eigenvalue weighted by atomic mass is 35.5. The van der Waals surface area contributed by atoms with E-state index in [1.807, 2.05) is 37.3 Å². The van der Waals surface area contributed by atoms with Crippen molar-refractivity contribution in [3.05, 3.63) is 63.2 Å². The summed E-state index contributed by atoms with van der Waals surface area (Å²) in [5, 5.41) is 7.43. The van der Waals surface area contributed by atoms with E-state index in [1.54, 1.807) is 23.6 Å². The molecule has 0 bridgehead atoms. The van der Waals surface area contributed by atoms with Crippen molar-refractivity contribution in [2.45, 2.75) is 39.7 Å². The Labute approximate surface area is 174 Å². The van der Waals surface area contributed by atoms with Gasteiger partial charge in [-0.1, -0.05) is 44.5 Å². The summed E-state index contributed by atoms with van der Waals surface area (Å²) in [6.45, 7) is 8.65. The number of anilines is 1. The molecule has 0 radical (unpaired) electrons. The Morgan fingerprint density at radius 2 is 2.00 bits per heavy atom. The van der Waals surface area contributed by atoms with E-state index in [1.165, 1.54) is 0 Å². The third-order valence-corrected chi connectivity index (χ3v) is 5.72. The van der Waals surface area contributed by atoms with Gasteiger partial charge in [-0.2, -0.15) is 0 Å². The molecule has 2 aromatic heterocycles. The van der Waals surface area contributed by atoms with Gasteiger partial charge in [-0.3, -0.25) is 4.98 Å². The van der Waals surface area contributed by atoms with Gasteiger partial charge in [0.2, 0.25) is 0 Å². The number of pyridine rings is 1. The van der Waals surface area contributed by atoms with Crippen molar-refractivity contribution in [3.8, 4) is 11.3 Å². The highest BCUT2D eigenvalue weighted by molar-refractivity contribution is 7.12. The highest BCUT2D eigenvalue weighted by Crippen LogP contribution is 2.35. The number of halogens is 1. The molecule has 0 aliphatic heterocycles. The van der Waals surface area contributed by atoms with Gasteiger partial charge in [0.05, 0.1) is 22.1 Å². The topological polar surface area (TPSA) is 66.9 Å². The number of hydrogen-bond acceptors (Lipinski definition) is 4. The summed E-state index contributed by atoms with van der Waals surface area (Å²) >= 11 is 7.78. The Morgan fingerprint density at radius 1 is 1.21 bits per heavy atom. The standard InChI is InChI=1S/C21H23ClN4OS/c1-13-10-16(8-9-23-13)25-20(27)24-12-17-18(14-6-5-7-15(22)11-14)26-19(28-17)21(2,3)4/h5-11H,12H2,1-4H3,(H2,23,24,25,27). The number of hydrogen-bond donors (Lipinski definition) is 2. The largest absolute Gasteiger partial charge is 0.333 e. The number of benzene rings is 1. The Morgan fingerprint density at radius 3 is 2.68 bits per heavy atom. The summed E-state index contributed by atoms with van der Waals surface area (Å²) in [5.41, 5.74) is 3.28. The minimum atomic E-state index is -0.270. The zero-order chi connectivity index (χ0) is 20.3. The normalized spacial score (nSPS) is 11.3. The van der Waals surface area contributed by atoms with Crippen molar-refractivity contribution >= 4 is 34.7 Å². The van der Waals surface area contributed by atoms with Crippen LogP contribution in [0.3, 0.4) is 0 Å². The second-order valence-corrected chi connectivity index (χ2v) is 9.06. The second kappa shape index (κ2) is 8.29. The van der Waals surface area contributed by atoms with Gasteiger partial charge in [0.1, 0.15) is 0 Å². The molecule has 0 aliphatic carbocycles. The zero-order valence-electron chi connectivity index (χ0n) is 16.3. The Hall–Kier alpha value is -2.44. The van der Waals surface area contributed by atoms with E-state index in [4.69, 9.17) is 16.6 Å². The number of aryl methyl sites for hydroxylation is 1. The van der Waals surface area contributed by atoms with E-state index in [9.17, 15) is 4.79 Å². The third kappa shape index (κ3) is 5.09. The van der Waals surface area contributed by atoms with Gasteiger partial charge in [0.25, 0.3) is 0 Å². The monoisotopic (exact) mass is 414 g/mol. The first-order chi connectivity index (χ1) is 13.2. The van der Waals surface area contributed by atoms with Gasteiger partial charge in [-0.05, 0) is 31.2 Å². The van der Waals surface area contributed by atoms with Gasteiger partial charge < -0.3 is 10.6 Å². The summed E-state index contributed by atoms with van der Waals surface area (Å²) in [5.74, 6) is 0. The van der Waals surface area contributed by atoms with Crippen LogP contribution in [0.25, 0.3) is 11.3 Å². The van der Waals surface area contributed by atoms with Crippen LogP contribution in [-0.4, -0.2) is 16.0 Å². The van der Waals surface area contributed by atoms with Crippen molar-refractivity contribution < 1.29 is 4.79 Å². The molecule has 1 aromatic carbocycles.